The van der Waals surface area contributed by atoms with Crippen LogP contribution in [-0.2, 0) is 0 Å². The second-order valence-electron chi connectivity index (χ2n) is 3.22. The molecule has 0 aromatic heterocycles. The summed E-state index contributed by atoms with van der Waals surface area (Å²) in [5, 5.41) is 3.62. The number of benzene rings is 1. The van der Waals surface area contributed by atoms with Crippen molar-refractivity contribution in [1.29, 1.82) is 0 Å². The van der Waals surface area contributed by atoms with Crippen molar-refractivity contribution in [3.63, 3.8) is 0 Å². The third-order valence-electron chi connectivity index (χ3n) is 1.98. The predicted molar refractivity (Wildman–Crippen MR) is 75.2 cm³/mol. The van der Waals surface area contributed by atoms with Crippen LogP contribution >= 0.6 is 39.3 Å². The van der Waals surface area contributed by atoms with Gasteiger partial charge in [-0.15, -0.1) is 0 Å². The quantitative estimate of drug-likeness (QED) is 0.754. The maximum absolute atomic E-state index is 13.0. The van der Waals surface area contributed by atoms with Gasteiger partial charge in [0.25, 0.3) is 0 Å². The Morgan fingerprint density at radius 2 is 2.25 bits per heavy atom. The lowest BCUT2D eigenvalue weighted by atomic mass is 10.3. The molecule has 5 heteroatoms. The van der Waals surface area contributed by atoms with Crippen molar-refractivity contribution in [2.75, 3.05) is 23.4 Å². The number of rotatable bonds is 6. The predicted octanol–water partition coefficient (Wildman–Crippen LogP) is 4.80. The first kappa shape index (κ1) is 14.1. The van der Waals surface area contributed by atoms with E-state index in [9.17, 15) is 4.39 Å². The van der Waals surface area contributed by atoms with Gasteiger partial charge in [-0.05, 0) is 46.0 Å². The van der Waals surface area contributed by atoms with E-state index < -0.39 is 0 Å². The van der Waals surface area contributed by atoms with Crippen LogP contribution in [0.3, 0.4) is 0 Å². The summed E-state index contributed by atoms with van der Waals surface area (Å²) in [6, 6.07) is 2.73. The molecule has 0 saturated carbocycles. The molecule has 0 fully saturated rings. The van der Waals surface area contributed by atoms with Gasteiger partial charge in [0, 0.05) is 11.0 Å². The molecule has 1 aromatic rings. The Hall–Kier alpha value is 0.0700. The average molecular weight is 327 g/mol. The van der Waals surface area contributed by atoms with E-state index in [4.69, 9.17) is 11.6 Å². The Labute approximate surface area is 113 Å². The van der Waals surface area contributed by atoms with Crippen molar-refractivity contribution >= 4 is 45.0 Å². The van der Waals surface area contributed by atoms with Crippen molar-refractivity contribution in [2.45, 2.75) is 13.3 Å². The summed E-state index contributed by atoms with van der Waals surface area (Å²) >= 11 is 11.1. The second-order valence-corrected chi connectivity index (χ2v) is 5.88. The average Bonchev–Trinajstić information content (AvgIpc) is 2.20. The molecule has 1 N–H and O–H groups in total. The number of anilines is 1. The highest BCUT2D eigenvalue weighted by Crippen LogP contribution is 2.31. The zero-order valence-electron chi connectivity index (χ0n) is 9.03. The third kappa shape index (κ3) is 4.52. The van der Waals surface area contributed by atoms with Gasteiger partial charge in [0.1, 0.15) is 5.82 Å². The molecule has 0 heterocycles. The van der Waals surface area contributed by atoms with Crippen molar-refractivity contribution in [2.24, 2.45) is 0 Å². The summed E-state index contributed by atoms with van der Waals surface area (Å²) in [4.78, 5) is 0. The fraction of sp³-hybridized carbons (Fsp3) is 0.455. The molecule has 1 nitrogen and oxygen atoms in total. The second kappa shape index (κ2) is 7.41. The molecule has 0 spiro atoms. The summed E-state index contributed by atoms with van der Waals surface area (Å²) in [5.74, 6) is 1.94. The summed E-state index contributed by atoms with van der Waals surface area (Å²) in [7, 11) is 0. The molecule has 0 saturated heterocycles. The molecule has 1 rings (SSSR count). The fourth-order valence-corrected chi connectivity index (χ4v) is 2.84. The number of nitrogens with one attached hydrogen (secondary N) is 1. The number of hydrogen-bond donors (Lipinski definition) is 1. The lowest BCUT2D eigenvalue weighted by Gasteiger charge is -2.10. The first-order valence-electron chi connectivity index (χ1n) is 5.11. The molecule has 16 heavy (non-hydrogen) atoms. The topological polar surface area (TPSA) is 12.0 Å². The largest absolute Gasteiger partial charge is 0.383 e. The monoisotopic (exact) mass is 325 g/mol. The summed E-state index contributed by atoms with van der Waals surface area (Å²) in [6.07, 6.45) is 1.07. The molecule has 0 aliphatic heterocycles. The Morgan fingerprint density at radius 3 is 2.88 bits per heavy atom. The number of halogens is 3. The first-order chi connectivity index (χ1) is 7.65. The van der Waals surface area contributed by atoms with Crippen LogP contribution < -0.4 is 5.32 Å². The van der Waals surface area contributed by atoms with E-state index in [1.165, 1.54) is 12.1 Å². The molecule has 0 radical (unpaired) electrons. The zero-order valence-corrected chi connectivity index (χ0v) is 12.2. The molecular formula is C11H14BrClFNS. The van der Waals surface area contributed by atoms with E-state index in [-0.39, 0.29) is 5.82 Å². The lowest BCUT2D eigenvalue weighted by Crippen LogP contribution is -2.04. The van der Waals surface area contributed by atoms with Gasteiger partial charge >= 0.3 is 0 Å². The maximum atomic E-state index is 13.0. The third-order valence-corrected chi connectivity index (χ3v) is 3.89. The van der Waals surface area contributed by atoms with E-state index in [2.05, 4.69) is 28.2 Å². The van der Waals surface area contributed by atoms with E-state index >= 15 is 0 Å². The van der Waals surface area contributed by atoms with Gasteiger partial charge in [0.05, 0.1) is 10.7 Å². The fourth-order valence-electron chi connectivity index (χ4n) is 1.24. The van der Waals surface area contributed by atoms with E-state index in [0.29, 0.717) is 9.50 Å². The summed E-state index contributed by atoms with van der Waals surface area (Å²) < 4.78 is 13.6. The molecule has 0 aliphatic rings. The van der Waals surface area contributed by atoms with Crippen LogP contribution in [0.2, 0.25) is 5.02 Å². The highest BCUT2D eigenvalue weighted by atomic mass is 79.9. The Balaban J connectivity index is 2.47. The Bertz CT molecular complexity index is 326. The van der Waals surface area contributed by atoms with Crippen molar-refractivity contribution < 1.29 is 4.39 Å². The van der Waals surface area contributed by atoms with Crippen LogP contribution in [0.15, 0.2) is 16.6 Å². The van der Waals surface area contributed by atoms with E-state index in [0.717, 1.165) is 30.2 Å². The van der Waals surface area contributed by atoms with Gasteiger partial charge in [0.2, 0.25) is 0 Å². The smallest absolute Gasteiger partial charge is 0.125 e. The minimum Gasteiger partial charge on any atom is -0.383 e. The minimum absolute atomic E-state index is 0.330. The number of thioether (sulfide) groups is 1. The molecule has 0 bridgehead atoms. The minimum atomic E-state index is -0.330. The Morgan fingerprint density at radius 1 is 1.50 bits per heavy atom. The number of hydrogen-bond acceptors (Lipinski definition) is 2. The molecule has 90 valence electrons. The van der Waals surface area contributed by atoms with Crippen LogP contribution in [0.5, 0.6) is 0 Å². The highest BCUT2D eigenvalue weighted by molar-refractivity contribution is 9.10. The normalized spacial score (nSPS) is 10.5. The van der Waals surface area contributed by atoms with E-state index in [1.54, 1.807) is 0 Å². The molecule has 0 atom stereocenters. The van der Waals surface area contributed by atoms with Crippen LogP contribution in [0, 0.1) is 5.82 Å². The SMILES string of the molecule is CCSCCCNc1c(Cl)cc(F)cc1Br. The molecule has 0 unspecified atom stereocenters. The first-order valence-corrected chi connectivity index (χ1v) is 7.44. The lowest BCUT2D eigenvalue weighted by molar-refractivity contribution is 0.627. The van der Waals surface area contributed by atoms with Gasteiger partial charge in [-0.25, -0.2) is 4.39 Å². The van der Waals surface area contributed by atoms with Crippen molar-refractivity contribution in [3.8, 4) is 0 Å². The Kier molecular flexibility index (Phi) is 6.54. The van der Waals surface area contributed by atoms with Crippen molar-refractivity contribution in [3.05, 3.63) is 27.4 Å². The standard InChI is InChI=1S/C11H14BrClFNS/c1-2-16-5-3-4-15-11-9(12)6-8(14)7-10(11)13/h6-7,15H,2-5H2,1H3. The van der Waals surface area contributed by atoms with Gasteiger partial charge in [-0.1, -0.05) is 18.5 Å². The van der Waals surface area contributed by atoms with Crippen LogP contribution in [0.25, 0.3) is 0 Å². The highest BCUT2D eigenvalue weighted by Gasteiger charge is 2.06. The van der Waals surface area contributed by atoms with Crippen LogP contribution in [0.4, 0.5) is 10.1 Å². The van der Waals surface area contributed by atoms with Crippen LogP contribution in [0.1, 0.15) is 13.3 Å². The van der Waals surface area contributed by atoms with Gasteiger partial charge in [0.15, 0.2) is 0 Å². The van der Waals surface area contributed by atoms with Crippen LogP contribution in [-0.4, -0.2) is 18.1 Å². The van der Waals surface area contributed by atoms with Gasteiger partial charge in [-0.3, -0.25) is 0 Å². The molecule has 0 aliphatic carbocycles. The van der Waals surface area contributed by atoms with Gasteiger partial charge in [-0.2, -0.15) is 11.8 Å². The zero-order chi connectivity index (χ0) is 12.0. The maximum Gasteiger partial charge on any atom is 0.125 e. The molecule has 1 aromatic carbocycles. The molecular weight excluding hydrogens is 313 g/mol. The summed E-state index contributed by atoms with van der Waals surface area (Å²) in [5.41, 5.74) is 0.768. The van der Waals surface area contributed by atoms with Gasteiger partial charge < -0.3 is 5.32 Å². The molecule has 0 amide bonds. The van der Waals surface area contributed by atoms with E-state index in [1.807, 2.05) is 11.8 Å². The van der Waals surface area contributed by atoms with Crippen molar-refractivity contribution in [1.82, 2.24) is 0 Å². The summed E-state index contributed by atoms with van der Waals surface area (Å²) in [6.45, 7) is 2.99.